The molecule has 19 heavy (non-hydrogen) atoms. The first-order chi connectivity index (χ1) is 9.31. The molecule has 6 heteroatoms. The first-order valence-corrected chi connectivity index (χ1v) is 6.84. The molecular weight excluding hydrogens is 240 g/mol. The van der Waals surface area contributed by atoms with Crippen LogP contribution in [0.1, 0.15) is 43.1 Å². The number of aromatic nitrogens is 5. The van der Waals surface area contributed by atoms with Crippen molar-refractivity contribution in [2.75, 3.05) is 11.4 Å². The van der Waals surface area contributed by atoms with Gasteiger partial charge in [-0.1, -0.05) is 6.92 Å². The van der Waals surface area contributed by atoms with Crippen molar-refractivity contribution in [3.05, 3.63) is 23.7 Å². The third-order valence-corrected chi connectivity index (χ3v) is 4.11. The highest BCUT2D eigenvalue weighted by Crippen LogP contribution is 2.43. The van der Waals surface area contributed by atoms with Crippen molar-refractivity contribution in [1.82, 2.24) is 24.7 Å². The molecule has 4 rings (SSSR count). The Morgan fingerprint density at radius 3 is 3.05 bits per heavy atom. The Hall–Kier alpha value is -1.98. The van der Waals surface area contributed by atoms with Gasteiger partial charge in [0.2, 0.25) is 0 Å². The van der Waals surface area contributed by atoms with E-state index in [1.807, 2.05) is 6.92 Å². The van der Waals surface area contributed by atoms with Crippen molar-refractivity contribution in [3.63, 3.8) is 0 Å². The second kappa shape index (κ2) is 3.76. The zero-order valence-corrected chi connectivity index (χ0v) is 11.2. The van der Waals surface area contributed by atoms with E-state index in [1.54, 1.807) is 6.33 Å². The van der Waals surface area contributed by atoms with E-state index in [0.29, 0.717) is 6.04 Å². The fourth-order valence-electron chi connectivity index (χ4n) is 3.26. The number of nitrogens with zero attached hydrogens (tertiary/aromatic N) is 6. The molecule has 0 aliphatic carbocycles. The summed E-state index contributed by atoms with van der Waals surface area (Å²) in [6.07, 6.45) is 4.88. The maximum atomic E-state index is 4.53. The summed E-state index contributed by atoms with van der Waals surface area (Å²) in [5.74, 6) is 3.02. The van der Waals surface area contributed by atoms with Crippen molar-refractivity contribution in [3.8, 4) is 5.69 Å². The van der Waals surface area contributed by atoms with Crippen LogP contribution in [0.4, 0.5) is 5.82 Å². The summed E-state index contributed by atoms with van der Waals surface area (Å²) in [6.45, 7) is 5.17. The quantitative estimate of drug-likeness (QED) is 0.775. The van der Waals surface area contributed by atoms with Gasteiger partial charge in [0.15, 0.2) is 11.6 Å². The molecule has 0 bridgehead atoms. The number of anilines is 1. The zero-order chi connectivity index (χ0) is 13.0. The monoisotopic (exact) mass is 256 g/mol. The van der Waals surface area contributed by atoms with Crippen molar-refractivity contribution in [2.24, 2.45) is 0 Å². The molecule has 0 aromatic carbocycles. The Labute approximate surface area is 111 Å². The lowest BCUT2D eigenvalue weighted by atomic mass is 10.1. The lowest BCUT2D eigenvalue weighted by Gasteiger charge is -2.33. The minimum Gasteiger partial charge on any atom is -0.344 e. The van der Waals surface area contributed by atoms with E-state index in [1.165, 1.54) is 6.42 Å². The molecule has 1 atom stereocenters. The highest BCUT2D eigenvalue weighted by atomic mass is 15.4. The van der Waals surface area contributed by atoms with Crippen LogP contribution in [0.15, 0.2) is 6.33 Å². The van der Waals surface area contributed by atoms with Gasteiger partial charge in [-0.05, 0) is 26.2 Å². The predicted octanol–water partition coefficient (Wildman–Crippen LogP) is 1.58. The third kappa shape index (κ3) is 1.31. The van der Waals surface area contributed by atoms with Gasteiger partial charge >= 0.3 is 0 Å². The summed E-state index contributed by atoms with van der Waals surface area (Å²) < 4.78 is 2.15. The van der Waals surface area contributed by atoms with Crippen molar-refractivity contribution in [1.29, 1.82) is 0 Å². The van der Waals surface area contributed by atoms with Gasteiger partial charge in [0.1, 0.15) is 17.8 Å². The lowest BCUT2D eigenvalue weighted by Crippen LogP contribution is -2.32. The van der Waals surface area contributed by atoms with Gasteiger partial charge in [0.05, 0.1) is 11.7 Å². The van der Waals surface area contributed by atoms with Crippen molar-refractivity contribution in [2.45, 2.75) is 39.2 Å². The summed E-state index contributed by atoms with van der Waals surface area (Å²) in [6, 6.07) is 0.327. The summed E-state index contributed by atoms with van der Waals surface area (Å²) >= 11 is 0. The topological polar surface area (TPSA) is 59.7 Å². The standard InChI is InChI=1S/C13H16N6/c1-3-9-11-13(15-7-14-9)18-6-4-5-10(18)12-17-16-8(2)19(11)12/h7,10H,3-6H2,1-2H3. The molecule has 2 aliphatic rings. The largest absolute Gasteiger partial charge is 0.344 e. The fourth-order valence-corrected chi connectivity index (χ4v) is 3.26. The third-order valence-electron chi connectivity index (χ3n) is 4.11. The molecule has 1 unspecified atom stereocenters. The fraction of sp³-hybridized carbons (Fsp3) is 0.538. The Balaban J connectivity index is 2.06. The van der Waals surface area contributed by atoms with Gasteiger partial charge in [-0.2, -0.15) is 0 Å². The van der Waals surface area contributed by atoms with Crippen molar-refractivity contribution < 1.29 is 0 Å². The van der Waals surface area contributed by atoms with Gasteiger partial charge < -0.3 is 4.90 Å². The van der Waals surface area contributed by atoms with E-state index in [0.717, 1.165) is 48.2 Å². The average molecular weight is 256 g/mol. The van der Waals surface area contributed by atoms with Crippen LogP contribution in [0, 0.1) is 6.92 Å². The highest BCUT2D eigenvalue weighted by molar-refractivity contribution is 5.64. The first-order valence-electron chi connectivity index (χ1n) is 6.84. The van der Waals surface area contributed by atoms with Crippen LogP contribution in [0.2, 0.25) is 0 Å². The molecule has 4 heterocycles. The van der Waals surface area contributed by atoms with Crippen LogP contribution in [0.3, 0.4) is 0 Å². The minimum atomic E-state index is 0.327. The van der Waals surface area contributed by atoms with Crippen LogP contribution in [-0.2, 0) is 6.42 Å². The van der Waals surface area contributed by atoms with Gasteiger partial charge in [0, 0.05) is 6.54 Å². The summed E-state index contributed by atoms with van der Waals surface area (Å²) in [7, 11) is 0. The normalized spacial score (nSPS) is 20.1. The molecule has 2 aromatic heterocycles. The van der Waals surface area contributed by atoms with Crippen molar-refractivity contribution >= 4 is 5.82 Å². The van der Waals surface area contributed by atoms with E-state index < -0.39 is 0 Å². The minimum absolute atomic E-state index is 0.327. The molecule has 98 valence electrons. The van der Waals surface area contributed by atoms with E-state index in [4.69, 9.17) is 0 Å². The smallest absolute Gasteiger partial charge is 0.160 e. The molecule has 0 amide bonds. The number of rotatable bonds is 1. The number of hydrogen-bond donors (Lipinski definition) is 0. The average Bonchev–Trinajstić information content (AvgIpc) is 3.05. The Morgan fingerprint density at radius 2 is 2.21 bits per heavy atom. The molecule has 0 radical (unpaired) electrons. The predicted molar refractivity (Wildman–Crippen MR) is 70.4 cm³/mol. The van der Waals surface area contributed by atoms with Crippen LogP contribution in [-0.4, -0.2) is 31.3 Å². The molecule has 0 saturated carbocycles. The maximum absolute atomic E-state index is 4.53. The molecule has 6 nitrogen and oxygen atoms in total. The van der Waals surface area contributed by atoms with E-state index in [9.17, 15) is 0 Å². The number of hydrogen-bond acceptors (Lipinski definition) is 5. The van der Waals surface area contributed by atoms with Crippen LogP contribution >= 0.6 is 0 Å². The second-order valence-corrected chi connectivity index (χ2v) is 5.14. The Kier molecular flexibility index (Phi) is 2.15. The SMILES string of the molecule is CCc1ncnc2c1-n1c(C)nnc1C1CCCN21. The second-order valence-electron chi connectivity index (χ2n) is 5.14. The maximum Gasteiger partial charge on any atom is 0.160 e. The summed E-state index contributed by atoms with van der Waals surface area (Å²) in [5.41, 5.74) is 2.15. The van der Waals surface area contributed by atoms with Gasteiger partial charge in [0.25, 0.3) is 0 Å². The molecule has 0 N–H and O–H groups in total. The molecule has 2 aromatic rings. The van der Waals surface area contributed by atoms with Crippen LogP contribution in [0.25, 0.3) is 5.69 Å². The van der Waals surface area contributed by atoms with Gasteiger partial charge in [-0.3, -0.25) is 4.57 Å². The van der Waals surface area contributed by atoms with Crippen LogP contribution in [0.5, 0.6) is 0 Å². The van der Waals surface area contributed by atoms with E-state index in [2.05, 4.69) is 36.6 Å². The highest BCUT2D eigenvalue weighted by Gasteiger charge is 2.39. The molecule has 2 aliphatic heterocycles. The number of aryl methyl sites for hydroxylation is 2. The van der Waals surface area contributed by atoms with Gasteiger partial charge in [-0.15, -0.1) is 10.2 Å². The zero-order valence-electron chi connectivity index (χ0n) is 11.2. The summed E-state index contributed by atoms with van der Waals surface area (Å²) in [5, 5.41) is 8.65. The first kappa shape index (κ1) is 10.9. The molecule has 1 saturated heterocycles. The Bertz CT molecular complexity index is 647. The molecule has 1 fully saturated rings. The summed E-state index contributed by atoms with van der Waals surface area (Å²) in [4.78, 5) is 11.3. The Morgan fingerprint density at radius 1 is 1.32 bits per heavy atom. The van der Waals surface area contributed by atoms with E-state index in [-0.39, 0.29) is 0 Å². The number of fused-ring (bicyclic) bond motifs is 6. The molecule has 0 spiro atoms. The lowest BCUT2D eigenvalue weighted by molar-refractivity contribution is 0.614. The van der Waals surface area contributed by atoms with Crippen LogP contribution < -0.4 is 4.90 Å². The van der Waals surface area contributed by atoms with E-state index >= 15 is 0 Å². The molecular formula is C13H16N6. The van der Waals surface area contributed by atoms with Gasteiger partial charge in [-0.25, -0.2) is 9.97 Å².